The maximum absolute atomic E-state index is 13.0. The van der Waals surface area contributed by atoms with Crippen LogP contribution < -0.4 is 10.2 Å². The largest absolute Gasteiger partial charge is 0.353 e. The van der Waals surface area contributed by atoms with Gasteiger partial charge in [-0.2, -0.15) is 0 Å². The second-order valence-corrected chi connectivity index (χ2v) is 4.28. The topological polar surface area (TPSA) is 49.4 Å². The third-order valence-electron chi connectivity index (χ3n) is 2.22. The van der Waals surface area contributed by atoms with E-state index in [-0.39, 0.29) is 30.7 Å². The average molecular weight is 287 g/mol. The van der Waals surface area contributed by atoms with E-state index in [1.54, 1.807) is 11.0 Å². The molecule has 4 nitrogen and oxygen atoms in total. The minimum Gasteiger partial charge on any atom is -0.353 e. The standard InChI is InChI=1S/C10H8BrFN2O2/c11-7-3-6(1-2-8(7)12)14-4-9(15)13-10(16)5-14/h1-3H,4-5H2,(H,13,15,16). The first-order valence-corrected chi connectivity index (χ1v) is 5.38. The van der Waals surface area contributed by atoms with Crippen LogP contribution in [0, 0.1) is 5.82 Å². The van der Waals surface area contributed by atoms with Crippen LogP contribution in [0.5, 0.6) is 0 Å². The number of nitrogens with one attached hydrogen (secondary N) is 1. The normalized spacial score (nSPS) is 16.2. The molecule has 1 aromatic rings. The Kier molecular flexibility index (Phi) is 2.91. The monoisotopic (exact) mass is 286 g/mol. The van der Waals surface area contributed by atoms with Gasteiger partial charge in [0.25, 0.3) is 0 Å². The molecular formula is C10H8BrFN2O2. The number of amides is 2. The zero-order valence-corrected chi connectivity index (χ0v) is 9.75. The first-order valence-electron chi connectivity index (χ1n) is 4.59. The van der Waals surface area contributed by atoms with Crippen molar-refractivity contribution in [3.63, 3.8) is 0 Å². The maximum atomic E-state index is 13.0. The Morgan fingerprint density at radius 1 is 1.25 bits per heavy atom. The molecule has 0 spiro atoms. The smallest absolute Gasteiger partial charge is 0.246 e. The Hall–Kier alpha value is -1.43. The van der Waals surface area contributed by atoms with Gasteiger partial charge in [0.05, 0.1) is 17.6 Å². The Morgan fingerprint density at radius 2 is 1.88 bits per heavy atom. The van der Waals surface area contributed by atoms with E-state index in [1.807, 2.05) is 0 Å². The summed E-state index contributed by atoms with van der Waals surface area (Å²) in [5, 5.41) is 2.20. The van der Waals surface area contributed by atoms with Gasteiger partial charge in [-0.1, -0.05) is 0 Å². The van der Waals surface area contributed by atoms with Crippen LogP contribution in [0.25, 0.3) is 0 Å². The summed E-state index contributed by atoms with van der Waals surface area (Å²) < 4.78 is 13.3. The fourth-order valence-corrected chi connectivity index (χ4v) is 1.87. The Balaban J connectivity index is 2.26. The number of hydrogen-bond acceptors (Lipinski definition) is 3. The van der Waals surface area contributed by atoms with E-state index < -0.39 is 0 Å². The molecule has 2 amide bonds. The highest BCUT2D eigenvalue weighted by Crippen LogP contribution is 2.23. The SMILES string of the molecule is O=C1CN(c2ccc(F)c(Br)c2)CC(=O)N1. The summed E-state index contributed by atoms with van der Waals surface area (Å²) in [7, 11) is 0. The summed E-state index contributed by atoms with van der Waals surface area (Å²) in [4.78, 5) is 23.9. The fraction of sp³-hybridized carbons (Fsp3) is 0.200. The van der Waals surface area contributed by atoms with E-state index in [9.17, 15) is 14.0 Å². The van der Waals surface area contributed by atoms with E-state index in [0.29, 0.717) is 10.2 Å². The van der Waals surface area contributed by atoms with Gasteiger partial charge in [-0.25, -0.2) is 4.39 Å². The molecule has 0 atom stereocenters. The van der Waals surface area contributed by atoms with E-state index in [1.165, 1.54) is 12.1 Å². The van der Waals surface area contributed by atoms with Gasteiger partial charge in [-0.05, 0) is 34.1 Å². The predicted molar refractivity (Wildman–Crippen MR) is 59.5 cm³/mol. The van der Waals surface area contributed by atoms with Crippen LogP contribution in [0.1, 0.15) is 0 Å². The summed E-state index contributed by atoms with van der Waals surface area (Å²) in [5.41, 5.74) is 0.636. The number of imide groups is 1. The fourth-order valence-electron chi connectivity index (χ4n) is 1.50. The molecule has 0 bridgehead atoms. The number of hydrogen-bond donors (Lipinski definition) is 1. The van der Waals surface area contributed by atoms with E-state index in [4.69, 9.17) is 0 Å². The Bertz CT molecular complexity index is 448. The van der Waals surface area contributed by atoms with Gasteiger partial charge in [-0.3, -0.25) is 14.9 Å². The van der Waals surface area contributed by atoms with Crippen LogP contribution in [-0.2, 0) is 9.59 Å². The molecule has 84 valence electrons. The minimum atomic E-state index is -0.378. The second-order valence-electron chi connectivity index (χ2n) is 3.43. The highest BCUT2D eigenvalue weighted by Gasteiger charge is 2.22. The average Bonchev–Trinajstić information content (AvgIpc) is 2.20. The lowest BCUT2D eigenvalue weighted by atomic mass is 10.2. The molecule has 1 heterocycles. The summed E-state index contributed by atoms with van der Waals surface area (Å²) >= 11 is 3.06. The molecule has 1 saturated heterocycles. The summed E-state index contributed by atoms with van der Waals surface area (Å²) in [5.74, 6) is -1.08. The number of anilines is 1. The van der Waals surface area contributed by atoms with Gasteiger partial charge in [-0.15, -0.1) is 0 Å². The first-order chi connectivity index (χ1) is 7.56. The van der Waals surface area contributed by atoms with Crippen LogP contribution in [-0.4, -0.2) is 24.9 Å². The van der Waals surface area contributed by atoms with Crippen molar-refractivity contribution in [2.45, 2.75) is 0 Å². The van der Waals surface area contributed by atoms with E-state index in [0.717, 1.165) is 0 Å². The van der Waals surface area contributed by atoms with E-state index >= 15 is 0 Å². The van der Waals surface area contributed by atoms with Gasteiger partial charge in [0.1, 0.15) is 5.82 Å². The third-order valence-corrected chi connectivity index (χ3v) is 2.82. The molecular weight excluding hydrogens is 279 g/mol. The second kappa shape index (κ2) is 4.21. The molecule has 0 unspecified atom stereocenters. The Morgan fingerprint density at radius 3 is 2.44 bits per heavy atom. The molecule has 0 aromatic heterocycles. The highest BCUT2D eigenvalue weighted by molar-refractivity contribution is 9.10. The van der Waals surface area contributed by atoms with Gasteiger partial charge >= 0.3 is 0 Å². The lowest BCUT2D eigenvalue weighted by Crippen LogP contribution is -2.51. The zero-order chi connectivity index (χ0) is 11.7. The number of carbonyl (C=O) groups excluding carboxylic acids is 2. The molecule has 0 radical (unpaired) electrons. The van der Waals surface area contributed by atoms with Crippen molar-refractivity contribution in [2.24, 2.45) is 0 Å². The molecule has 2 rings (SSSR count). The molecule has 1 aliphatic heterocycles. The summed E-state index contributed by atoms with van der Waals surface area (Å²) in [6, 6.07) is 4.36. The van der Waals surface area contributed by atoms with Crippen molar-refractivity contribution < 1.29 is 14.0 Å². The van der Waals surface area contributed by atoms with Crippen molar-refractivity contribution in [3.05, 3.63) is 28.5 Å². The summed E-state index contributed by atoms with van der Waals surface area (Å²) in [6.45, 7) is 0.202. The van der Waals surface area contributed by atoms with Gasteiger partial charge in [0, 0.05) is 5.69 Å². The lowest BCUT2D eigenvalue weighted by molar-refractivity contribution is -0.130. The molecule has 16 heavy (non-hydrogen) atoms. The summed E-state index contributed by atoms with van der Waals surface area (Å²) in [6.07, 6.45) is 0. The van der Waals surface area contributed by atoms with Crippen LogP contribution in [0.15, 0.2) is 22.7 Å². The van der Waals surface area contributed by atoms with Crippen LogP contribution in [0.4, 0.5) is 10.1 Å². The highest BCUT2D eigenvalue weighted by atomic mass is 79.9. The number of halogens is 2. The van der Waals surface area contributed by atoms with Crippen molar-refractivity contribution >= 4 is 33.4 Å². The van der Waals surface area contributed by atoms with Crippen molar-refractivity contribution in [1.29, 1.82) is 0 Å². The quantitative estimate of drug-likeness (QED) is 0.785. The van der Waals surface area contributed by atoms with Crippen LogP contribution >= 0.6 is 15.9 Å². The molecule has 1 N–H and O–H groups in total. The molecule has 1 aromatic carbocycles. The molecule has 0 aliphatic carbocycles. The number of nitrogens with zero attached hydrogens (tertiary/aromatic N) is 1. The molecule has 6 heteroatoms. The maximum Gasteiger partial charge on any atom is 0.246 e. The minimum absolute atomic E-state index is 0.101. The Labute approximate surface area is 99.6 Å². The predicted octanol–water partition coefficient (Wildman–Crippen LogP) is 1.05. The molecule has 0 saturated carbocycles. The molecule has 1 aliphatic rings. The van der Waals surface area contributed by atoms with Gasteiger partial charge < -0.3 is 4.90 Å². The van der Waals surface area contributed by atoms with Gasteiger partial charge in [0.15, 0.2) is 0 Å². The third kappa shape index (κ3) is 2.21. The van der Waals surface area contributed by atoms with Crippen LogP contribution in [0.2, 0.25) is 0 Å². The zero-order valence-electron chi connectivity index (χ0n) is 8.17. The van der Waals surface area contributed by atoms with Crippen molar-refractivity contribution in [1.82, 2.24) is 5.32 Å². The van der Waals surface area contributed by atoms with Crippen LogP contribution in [0.3, 0.4) is 0 Å². The number of piperazine rings is 1. The van der Waals surface area contributed by atoms with Gasteiger partial charge in [0.2, 0.25) is 11.8 Å². The van der Waals surface area contributed by atoms with E-state index in [2.05, 4.69) is 21.2 Å². The first kappa shape index (κ1) is 11.1. The van der Waals surface area contributed by atoms with Crippen molar-refractivity contribution in [2.75, 3.05) is 18.0 Å². The number of benzene rings is 1. The van der Waals surface area contributed by atoms with Crippen molar-refractivity contribution in [3.8, 4) is 0 Å². The molecule has 1 fully saturated rings. The number of carbonyl (C=O) groups is 2. The number of rotatable bonds is 1. The lowest BCUT2D eigenvalue weighted by Gasteiger charge is -2.27.